The Labute approximate surface area is 133 Å². The fraction of sp³-hybridized carbons (Fsp3) is 0.143. The van der Waals surface area contributed by atoms with Gasteiger partial charge in [-0.25, -0.2) is 23.3 Å². The topological polar surface area (TPSA) is 71.8 Å². The van der Waals surface area contributed by atoms with E-state index in [0.29, 0.717) is 33.0 Å². The van der Waals surface area contributed by atoms with Gasteiger partial charge in [0, 0.05) is 10.9 Å². The molecule has 0 aliphatic rings. The monoisotopic (exact) mass is 334 g/mol. The third-order valence-corrected chi connectivity index (χ3v) is 3.88. The Morgan fingerprint density at radius 2 is 2.13 bits per heavy atom. The highest BCUT2D eigenvalue weighted by Gasteiger charge is 2.19. The van der Waals surface area contributed by atoms with Gasteiger partial charge in [-0.1, -0.05) is 11.6 Å². The molecule has 4 rings (SSSR count). The lowest BCUT2D eigenvalue weighted by atomic mass is 10.0. The van der Waals surface area contributed by atoms with E-state index in [4.69, 9.17) is 11.6 Å². The molecule has 0 saturated carbocycles. The van der Waals surface area contributed by atoms with Crippen LogP contribution in [0.15, 0.2) is 24.7 Å². The molecular weight excluding hydrogens is 326 g/mol. The number of aromatic amines is 1. The van der Waals surface area contributed by atoms with E-state index in [-0.39, 0.29) is 0 Å². The summed E-state index contributed by atoms with van der Waals surface area (Å²) in [6.45, 7) is 1.78. The van der Waals surface area contributed by atoms with Gasteiger partial charge in [0.15, 0.2) is 5.65 Å². The molecule has 0 unspecified atom stereocenters. The van der Waals surface area contributed by atoms with Gasteiger partial charge in [0.25, 0.3) is 6.43 Å². The number of alkyl halides is 2. The molecule has 0 saturated heterocycles. The molecule has 9 heteroatoms. The molecular formula is C14H9ClF2N6. The van der Waals surface area contributed by atoms with Crippen molar-refractivity contribution >= 4 is 28.2 Å². The second-order valence-electron chi connectivity index (χ2n) is 5.04. The van der Waals surface area contributed by atoms with Gasteiger partial charge in [-0.05, 0) is 24.6 Å². The van der Waals surface area contributed by atoms with Gasteiger partial charge < -0.3 is 0 Å². The number of aromatic nitrogens is 6. The largest absolute Gasteiger partial charge is 0.299 e. The lowest BCUT2D eigenvalue weighted by Gasteiger charge is -2.07. The van der Waals surface area contributed by atoms with Crippen molar-refractivity contribution in [2.45, 2.75) is 13.3 Å². The number of fused-ring (bicyclic) bond motifs is 2. The smallest absolute Gasteiger partial charge is 0.276 e. The Morgan fingerprint density at radius 3 is 2.91 bits per heavy atom. The number of halogens is 3. The molecule has 0 aliphatic carbocycles. The third kappa shape index (κ3) is 2.14. The van der Waals surface area contributed by atoms with Crippen LogP contribution >= 0.6 is 11.6 Å². The average Bonchev–Trinajstić information content (AvgIpc) is 3.13. The van der Waals surface area contributed by atoms with E-state index in [1.165, 1.54) is 10.8 Å². The van der Waals surface area contributed by atoms with E-state index < -0.39 is 12.2 Å². The second-order valence-corrected chi connectivity index (χ2v) is 5.44. The van der Waals surface area contributed by atoms with Crippen molar-refractivity contribution in [1.29, 1.82) is 0 Å². The summed E-state index contributed by atoms with van der Waals surface area (Å²) < 4.78 is 27.0. The first-order valence-electron chi connectivity index (χ1n) is 6.67. The van der Waals surface area contributed by atoms with Gasteiger partial charge in [0.2, 0.25) is 5.82 Å². The quantitative estimate of drug-likeness (QED) is 0.608. The van der Waals surface area contributed by atoms with E-state index in [0.717, 1.165) is 5.39 Å². The van der Waals surface area contributed by atoms with Crippen LogP contribution in [-0.2, 0) is 0 Å². The number of nitrogens with one attached hydrogen (secondary N) is 1. The zero-order valence-electron chi connectivity index (χ0n) is 11.8. The zero-order chi connectivity index (χ0) is 16.1. The predicted molar refractivity (Wildman–Crippen MR) is 80.6 cm³/mol. The van der Waals surface area contributed by atoms with Crippen LogP contribution in [0.1, 0.15) is 17.9 Å². The van der Waals surface area contributed by atoms with Crippen molar-refractivity contribution in [2.24, 2.45) is 0 Å². The first-order valence-corrected chi connectivity index (χ1v) is 7.05. The molecule has 0 spiro atoms. The van der Waals surface area contributed by atoms with Gasteiger partial charge in [0.1, 0.15) is 6.33 Å². The Balaban J connectivity index is 2.04. The summed E-state index contributed by atoms with van der Waals surface area (Å²) in [5.74, 6) is -0.533. The van der Waals surface area contributed by atoms with E-state index >= 15 is 0 Å². The first-order chi connectivity index (χ1) is 11.0. The molecule has 0 bridgehead atoms. The van der Waals surface area contributed by atoms with Crippen molar-refractivity contribution < 1.29 is 8.78 Å². The average molecular weight is 335 g/mol. The van der Waals surface area contributed by atoms with Crippen molar-refractivity contribution in [3.8, 4) is 11.1 Å². The highest BCUT2D eigenvalue weighted by atomic mass is 35.5. The molecule has 0 amide bonds. The molecule has 1 N–H and O–H groups in total. The van der Waals surface area contributed by atoms with Gasteiger partial charge in [-0.3, -0.25) is 5.10 Å². The highest BCUT2D eigenvalue weighted by Crippen LogP contribution is 2.33. The summed E-state index contributed by atoms with van der Waals surface area (Å²) in [6.07, 6.45) is 0.260. The summed E-state index contributed by atoms with van der Waals surface area (Å²) in [5, 5.41) is 11.8. The van der Waals surface area contributed by atoms with Crippen molar-refractivity contribution in [1.82, 2.24) is 29.8 Å². The molecule has 0 fully saturated rings. The van der Waals surface area contributed by atoms with Gasteiger partial charge in [0.05, 0.1) is 22.4 Å². The Morgan fingerprint density at radius 1 is 1.30 bits per heavy atom. The molecule has 1 aromatic carbocycles. The SMILES string of the molecule is Cc1ncn2nc(C(F)F)nc2c1-c1cc(Cl)c2[nH]ncc2c1. The summed E-state index contributed by atoms with van der Waals surface area (Å²) in [5.41, 5.74) is 2.99. The fourth-order valence-corrected chi connectivity index (χ4v) is 2.82. The standard InChI is InChI=1S/C14H9ClF2N6/c1-6-10(7-2-8-4-19-21-11(8)9(15)3-7)14-20-13(12(16)17)22-23(14)5-18-6/h2-5,12H,1H3,(H,19,21). The number of nitrogens with zero attached hydrogens (tertiary/aromatic N) is 5. The maximum atomic E-state index is 12.9. The van der Waals surface area contributed by atoms with Crippen LogP contribution in [0.4, 0.5) is 8.78 Å². The normalized spacial score (nSPS) is 11.9. The molecule has 3 heterocycles. The van der Waals surface area contributed by atoms with E-state index in [1.54, 1.807) is 19.2 Å². The van der Waals surface area contributed by atoms with Crippen LogP contribution in [0.2, 0.25) is 5.02 Å². The fourth-order valence-electron chi connectivity index (χ4n) is 2.55. The molecule has 116 valence electrons. The number of hydrogen-bond acceptors (Lipinski definition) is 4. The van der Waals surface area contributed by atoms with Crippen LogP contribution in [-0.4, -0.2) is 29.8 Å². The summed E-state index contributed by atoms with van der Waals surface area (Å²) in [7, 11) is 0. The Bertz CT molecular complexity index is 1040. The minimum absolute atomic E-state index is 0.312. The molecule has 3 aromatic heterocycles. The maximum Gasteiger partial charge on any atom is 0.299 e. The van der Waals surface area contributed by atoms with Crippen molar-refractivity contribution in [3.05, 3.63) is 41.2 Å². The van der Waals surface area contributed by atoms with Gasteiger partial charge >= 0.3 is 0 Å². The number of benzene rings is 1. The van der Waals surface area contributed by atoms with E-state index in [2.05, 4.69) is 25.3 Å². The molecule has 0 atom stereocenters. The molecule has 4 aromatic rings. The van der Waals surface area contributed by atoms with E-state index in [1.807, 2.05) is 6.07 Å². The minimum Gasteiger partial charge on any atom is -0.276 e. The number of hydrogen-bond donors (Lipinski definition) is 1. The van der Waals surface area contributed by atoms with Gasteiger partial charge in [-0.15, -0.1) is 5.10 Å². The zero-order valence-corrected chi connectivity index (χ0v) is 12.5. The summed E-state index contributed by atoms with van der Waals surface area (Å²) >= 11 is 6.26. The number of aryl methyl sites for hydroxylation is 1. The number of rotatable bonds is 2. The van der Waals surface area contributed by atoms with Crippen LogP contribution in [0, 0.1) is 6.92 Å². The van der Waals surface area contributed by atoms with Gasteiger partial charge in [-0.2, -0.15) is 5.10 Å². The van der Waals surface area contributed by atoms with Crippen molar-refractivity contribution in [2.75, 3.05) is 0 Å². The maximum absolute atomic E-state index is 12.9. The van der Waals surface area contributed by atoms with Crippen LogP contribution < -0.4 is 0 Å². The van der Waals surface area contributed by atoms with Crippen LogP contribution in [0.3, 0.4) is 0 Å². The molecule has 0 radical (unpaired) electrons. The molecule has 0 aliphatic heterocycles. The minimum atomic E-state index is -2.75. The predicted octanol–water partition coefficient (Wildman–Crippen LogP) is 3.57. The third-order valence-electron chi connectivity index (χ3n) is 3.58. The second kappa shape index (κ2) is 4.95. The van der Waals surface area contributed by atoms with Crippen LogP contribution in [0.25, 0.3) is 27.7 Å². The lowest BCUT2D eigenvalue weighted by molar-refractivity contribution is 0.140. The highest BCUT2D eigenvalue weighted by molar-refractivity contribution is 6.35. The molecule has 23 heavy (non-hydrogen) atoms. The van der Waals surface area contributed by atoms with Crippen molar-refractivity contribution in [3.63, 3.8) is 0 Å². The lowest BCUT2D eigenvalue weighted by Crippen LogP contribution is -1.97. The summed E-state index contributed by atoms with van der Waals surface area (Å²) in [4.78, 5) is 8.14. The first kappa shape index (κ1) is 14.0. The summed E-state index contributed by atoms with van der Waals surface area (Å²) in [6, 6.07) is 3.58. The Hall–Kier alpha value is -2.61. The van der Waals surface area contributed by atoms with E-state index in [9.17, 15) is 8.78 Å². The molecule has 6 nitrogen and oxygen atoms in total. The van der Waals surface area contributed by atoms with Crippen LogP contribution in [0.5, 0.6) is 0 Å². The number of H-pyrrole nitrogens is 1. The Kier molecular flexibility index (Phi) is 3.02.